The molecule has 1 amide bonds. The Morgan fingerprint density at radius 2 is 2.07 bits per heavy atom. The topological polar surface area (TPSA) is 64.7 Å². The molecule has 3 aromatic rings. The molecule has 142 valence electrons. The molecule has 1 aromatic carbocycles. The average molecular weight is 398 g/mol. The number of alkyl halides is 3. The lowest BCUT2D eigenvalue weighted by Gasteiger charge is -2.08. The van der Waals surface area contributed by atoms with Crippen LogP contribution in [0.1, 0.15) is 27.3 Å². The van der Waals surface area contributed by atoms with E-state index in [0.717, 1.165) is 12.1 Å². The van der Waals surface area contributed by atoms with E-state index in [1.54, 1.807) is 20.0 Å². The second kappa shape index (κ2) is 7.07. The maximum Gasteiger partial charge on any atom is 0.416 e. The van der Waals surface area contributed by atoms with Crippen LogP contribution in [0, 0.1) is 6.92 Å². The van der Waals surface area contributed by atoms with Crippen LogP contribution in [-0.2, 0) is 19.8 Å². The average Bonchev–Trinajstić information content (AvgIpc) is 3.14. The first kappa shape index (κ1) is 19.0. The zero-order valence-electron chi connectivity index (χ0n) is 14.4. The van der Waals surface area contributed by atoms with Crippen molar-refractivity contribution in [2.75, 3.05) is 5.32 Å². The number of carbonyl (C=O) groups excluding carboxylic acids is 1. The number of nitrogens with one attached hydrogen (secondary N) is 1. The predicted molar refractivity (Wildman–Crippen MR) is 93.7 cm³/mol. The van der Waals surface area contributed by atoms with Crippen molar-refractivity contribution in [3.05, 3.63) is 64.2 Å². The number of hydrogen-bond donors (Lipinski definition) is 1. The van der Waals surface area contributed by atoms with Crippen LogP contribution >= 0.6 is 11.6 Å². The number of anilines is 1. The highest BCUT2D eigenvalue weighted by Gasteiger charge is 2.30. The summed E-state index contributed by atoms with van der Waals surface area (Å²) in [6, 6.07) is 4.99. The van der Waals surface area contributed by atoms with Gasteiger partial charge in [-0.15, -0.1) is 0 Å². The van der Waals surface area contributed by atoms with Crippen molar-refractivity contribution in [1.82, 2.24) is 19.6 Å². The number of benzene rings is 1. The lowest BCUT2D eigenvalue weighted by molar-refractivity contribution is -0.137. The molecule has 0 aliphatic rings. The number of hydrogen-bond acceptors (Lipinski definition) is 3. The summed E-state index contributed by atoms with van der Waals surface area (Å²) in [6.07, 6.45) is -1.49. The molecule has 0 saturated carbocycles. The minimum absolute atomic E-state index is 0.0855. The van der Waals surface area contributed by atoms with Gasteiger partial charge in [-0.25, -0.2) is 0 Å². The van der Waals surface area contributed by atoms with E-state index in [9.17, 15) is 18.0 Å². The van der Waals surface area contributed by atoms with Gasteiger partial charge in [0.25, 0.3) is 5.91 Å². The second-order valence-corrected chi connectivity index (χ2v) is 6.33. The summed E-state index contributed by atoms with van der Waals surface area (Å²) in [4.78, 5) is 12.3. The van der Waals surface area contributed by atoms with Gasteiger partial charge in [0.1, 0.15) is 0 Å². The SMILES string of the molecule is Cc1c(Cl)c(C(=O)Nc2cnn(Cc3cccc(C(F)(F)F)c3)c2)nn1C. The van der Waals surface area contributed by atoms with E-state index in [2.05, 4.69) is 15.5 Å². The molecule has 10 heteroatoms. The fourth-order valence-corrected chi connectivity index (χ4v) is 2.71. The number of amides is 1. The van der Waals surface area contributed by atoms with Crippen LogP contribution in [0.3, 0.4) is 0 Å². The summed E-state index contributed by atoms with van der Waals surface area (Å²) in [5.41, 5.74) is 0.839. The minimum atomic E-state index is -4.40. The van der Waals surface area contributed by atoms with Crippen LogP contribution in [-0.4, -0.2) is 25.5 Å². The molecule has 0 unspecified atom stereocenters. The van der Waals surface area contributed by atoms with E-state index >= 15 is 0 Å². The Balaban J connectivity index is 1.72. The van der Waals surface area contributed by atoms with Gasteiger partial charge in [0, 0.05) is 13.2 Å². The minimum Gasteiger partial charge on any atom is -0.318 e. The highest BCUT2D eigenvalue weighted by atomic mass is 35.5. The van der Waals surface area contributed by atoms with Gasteiger partial charge in [-0.05, 0) is 24.6 Å². The molecule has 0 bridgehead atoms. The zero-order valence-corrected chi connectivity index (χ0v) is 15.1. The normalized spacial score (nSPS) is 11.6. The number of nitrogens with zero attached hydrogens (tertiary/aromatic N) is 4. The lowest BCUT2D eigenvalue weighted by atomic mass is 10.1. The number of aromatic nitrogens is 4. The summed E-state index contributed by atoms with van der Waals surface area (Å²) in [5, 5.41) is 11.0. The molecule has 27 heavy (non-hydrogen) atoms. The Bertz CT molecular complexity index is 993. The molecule has 0 atom stereocenters. The maximum atomic E-state index is 12.8. The van der Waals surface area contributed by atoms with Gasteiger partial charge in [0.15, 0.2) is 5.69 Å². The smallest absolute Gasteiger partial charge is 0.318 e. The zero-order chi connectivity index (χ0) is 19.8. The monoisotopic (exact) mass is 397 g/mol. The summed E-state index contributed by atoms with van der Waals surface area (Å²) in [6.45, 7) is 1.86. The van der Waals surface area contributed by atoms with E-state index < -0.39 is 17.6 Å². The Labute approximate surface area is 157 Å². The Morgan fingerprint density at radius 3 is 2.70 bits per heavy atom. The molecule has 2 aromatic heterocycles. The van der Waals surface area contributed by atoms with Crippen molar-refractivity contribution in [3.8, 4) is 0 Å². The number of carbonyl (C=O) groups is 1. The van der Waals surface area contributed by atoms with Gasteiger partial charge in [-0.3, -0.25) is 14.2 Å². The summed E-state index contributed by atoms with van der Waals surface area (Å²) < 4.78 is 41.3. The summed E-state index contributed by atoms with van der Waals surface area (Å²) >= 11 is 6.08. The molecule has 0 saturated heterocycles. The molecule has 0 radical (unpaired) electrons. The molecule has 3 rings (SSSR count). The van der Waals surface area contributed by atoms with E-state index in [-0.39, 0.29) is 17.3 Å². The standard InChI is InChI=1S/C17H15ClF3N5O/c1-10-14(18)15(24-25(10)2)16(27)23-13-7-22-26(9-13)8-11-4-3-5-12(6-11)17(19,20)21/h3-7,9H,8H2,1-2H3,(H,23,27). The molecule has 0 fully saturated rings. The van der Waals surface area contributed by atoms with E-state index in [0.29, 0.717) is 16.9 Å². The quantitative estimate of drug-likeness (QED) is 0.726. The van der Waals surface area contributed by atoms with E-state index in [1.165, 1.54) is 27.8 Å². The first-order chi connectivity index (χ1) is 12.6. The van der Waals surface area contributed by atoms with Gasteiger partial charge in [0.05, 0.1) is 34.7 Å². The first-order valence-electron chi connectivity index (χ1n) is 7.84. The van der Waals surface area contributed by atoms with Crippen molar-refractivity contribution in [2.45, 2.75) is 19.6 Å². The predicted octanol–water partition coefficient (Wildman–Crippen LogP) is 3.90. The number of rotatable bonds is 4. The number of halogens is 4. The van der Waals surface area contributed by atoms with Crippen molar-refractivity contribution in [2.24, 2.45) is 7.05 Å². The van der Waals surface area contributed by atoms with Gasteiger partial charge in [-0.2, -0.15) is 23.4 Å². The second-order valence-electron chi connectivity index (χ2n) is 5.95. The van der Waals surface area contributed by atoms with E-state index in [4.69, 9.17) is 11.6 Å². The van der Waals surface area contributed by atoms with Crippen LogP contribution in [0.15, 0.2) is 36.7 Å². The van der Waals surface area contributed by atoms with Crippen LogP contribution in [0.4, 0.5) is 18.9 Å². The third-order valence-corrected chi connectivity index (χ3v) is 4.42. The highest BCUT2D eigenvalue weighted by molar-refractivity contribution is 6.34. The van der Waals surface area contributed by atoms with Gasteiger partial charge in [-0.1, -0.05) is 23.7 Å². The van der Waals surface area contributed by atoms with Crippen LogP contribution < -0.4 is 5.32 Å². The highest BCUT2D eigenvalue weighted by Crippen LogP contribution is 2.29. The summed E-state index contributed by atoms with van der Waals surface area (Å²) in [7, 11) is 1.67. The Morgan fingerprint density at radius 1 is 1.33 bits per heavy atom. The van der Waals surface area contributed by atoms with Crippen LogP contribution in [0.2, 0.25) is 5.02 Å². The summed E-state index contributed by atoms with van der Waals surface area (Å²) in [5.74, 6) is -0.498. The number of aryl methyl sites for hydroxylation is 1. The fourth-order valence-electron chi connectivity index (χ4n) is 2.47. The molecule has 0 spiro atoms. The molecule has 2 heterocycles. The maximum absolute atomic E-state index is 12.8. The van der Waals surface area contributed by atoms with Gasteiger partial charge < -0.3 is 5.32 Å². The fraction of sp³-hybridized carbons (Fsp3) is 0.235. The molecule has 0 aliphatic carbocycles. The van der Waals surface area contributed by atoms with Crippen molar-refractivity contribution in [3.63, 3.8) is 0 Å². The third kappa shape index (κ3) is 4.13. The molecule has 6 nitrogen and oxygen atoms in total. The molecular weight excluding hydrogens is 383 g/mol. The van der Waals surface area contributed by atoms with Crippen molar-refractivity contribution < 1.29 is 18.0 Å². The molecule has 0 aliphatic heterocycles. The Hall–Kier alpha value is -2.81. The largest absolute Gasteiger partial charge is 0.416 e. The first-order valence-corrected chi connectivity index (χ1v) is 8.22. The van der Waals surface area contributed by atoms with Gasteiger partial charge in [0.2, 0.25) is 0 Å². The Kier molecular flexibility index (Phi) is 4.97. The lowest BCUT2D eigenvalue weighted by Crippen LogP contribution is -2.13. The van der Waals surface area contributed by atoms with E-state index in [1.807, 2.05) is 0 Å². The van der Waals surface area contributed by atoms with Crippen LogP contribution in [0.5, 0.6) is 0 Å². The van der Waals surface area contributed by atoms with Crippen molar-refractivity contribution in [1.29, 1.82) is 0 Å². The van der Waals surface area contributed by atoms with Crippen molar-refractivity contribution >= 4 is 23.2 Å². The van der Waals surface area contributed by atoms with Gasteiger partial charge >= 0.3 is 6.18 Å². The van der Waals surface area contributed by atoms with Crippen LogP contribution in [0.25, 0.3) is 0 Å². The molecule has 1 N–H and O–H groups in total. The third-order valence-electron chi connectivity index (χ3n) is 3.97. The molecular formula is C17H15ClF3N5O.